The molecule has 204 valence electrons. The smallest absolute Gasteiger partial charge is 0.313 e. The molecule has 0 bridgehead atoms. The van der Waals surface area contributed by atoms with E-state index in [0.29, 0.717) is 33.0 Å². The zero-order valence-electron chi connectivity index (χ0n) is 19.9. The lowest BCUT2D eigenvalue weighted by Crippen LogP contribution is -2.16. The van der Waals surface area contributed by atoms with E-state index in [1.54, 1.807) is 6.21 Å². The molecular formula is C22H30F5N3O6. The standard InChI is InChI=1S/C22H30F5N3O6/c1-2-3-15(30-28)14-29-5-7-33-9-11-35-13-12-34-10-8-32-6-4-16(31)36-22-20(26)18(24)17(23)19(25)21(22)27/h14H,2-13,28H2,1H3/b29-14?,30-15-. The van der Waals surface area contributed by atoms with Crippen LogP contribution in [0.1, 0.15) is 26.2 Å². The Hall–Kier alpha value is -2.68. The number of rotatable bonds is 19. The van der Waals surface area contributed by atoms with E-state index in [0.717, 1.165) is 18.6 Å². The molecule has 0 amide bonds. The van der Waals surface area contributed by atoms with E-state index in [1.807, 2.05) is 6.92 Å². The molecule has 0 aliphatic rings. The van der Waals surface area contributed by atoms with Gasteiger partial charge in [-0.25, -0.2) is 13.2 Å². The van der Waals surface area contributed by atoms with Crippen LogP contribution >= 0.6 is 0 Å². The zero-order chi connectivity index (χ0) is 26.8. The highest BCUT2D eigenvalue weighted by Crippen LogP contribution is 2.29. The van der Waals surface area contributed by atoms with E-state index in [9.17, 15) is 26.7 Å². The van der Waals surface area contributed by atoms with Crippen molar-refractivity contribution in [2.45, 2.75) is 26.2 Å². The Morgan fingerprint density at radius 2 is 1.22 bits per heavy atom. The van der Waals surface area contributed by atoms with E-state index in [-0.39, 0.29) is 26.4 Å². The summed E-state index contributed by atoms with van der Waals surface area (Å²) >= 11 is 0. The van der Waals surface area contributed by atoms with Crippen LogP contribution in [0.5, 0.6) is 5.75 Å². The van der Waals surface area contributed by atoms with E-state index in [1.165, 1.54) is 0 Å². The van der Waals surface area contributed by atoms with Crippen molar-refractivity contribution >= 4 is 17.9 Å². The maximum absolute atomic E-state index is 13.5. The van der Waals surface area contributed by atoms with Gasteiger partial charge in [-0.15, -0.1) is 0 Å². The highest BCUT2D eigenvalue weighted by molar-refractivity contribution is 6.30. The molecule has 36 heavy (non-hydrogen) atoms. The molecule has 0 fully saturated rings. The van der Waals surface area contributed by atoms with Crippen LogP contribution in [-0.4, -0.2) is 77.3 Å². The van der Waals surface area contributed by atoms with Crippen molar-refractivity contribution in [2.24, 2.45) is 15.9 Å². The molecule has 0 unspecified atom stereocenters. The van der Waals surface area contributed by atoms with Crippen molar-refractivity contribution in [2.75, 3.05) is 59.4 Å². The number of ether oxygens (including phenoxy) is 5. The van der Waals surface area contributed by atoms with E-state index >= 15 is 0 Å². The molecule has 2 N–H and O–H groups in total. The molecule has 0 aromatic heterocycles. The van der Waals surface area contributed by atoms with Crippen molar-refractivity contribution in [3.8, 4) is 5.75 Å². The number of hydrogen-bond donors (Lipinski definition) is 1. The predicted octanol–water partition coefficient (Wildman–Crippen LogP) is 2.93. The third-order valence-corrected chi connectivity index (χ3v) is 4.23. The highest BCUT2D eigenvalue weighted by Gasteiger charge is 2.28. The van der Waals surface area contributed by atoms with Crippen LogP contribution in [-0.2, 0) is 23.7 Å². The summed E-state index contributed by atoms with van der Waals surface area (Å²) in [6.45, 7) is 4.38. The summed E-state index contributed by atoms with van der Waals surface area (Å²) < 4.78 is 91.3. The number of benzene rings is 1. The van der Waals surface area contributed by atoms with Gasteiger partial charge in [0.05, 0.1) is 71.5 Å². The predicted molar refractivity (Wildman–Crippen MR) is 120 cm³/mol. The van der Waals surface area contributed by atoms with Gasteiger partial charge in [0.1, 0.15) is 0 Å². The van der Waals surface area contributed by atoms with Gasteiger partial charge in [-0.1, -0.05) is 13.3 Å². The molecule has 0 aliphatic carbocycles. The van der Waals surface area contributed by atoms with Crippen LogP contribution in [0, 0.1) is 29.1 Å². The summed E-state index contributed by atoms with van der Waals surface area (Å²) in [7, 11) is 0. The third kappa shape index (κ3) is 11.8. The summed E-state index contributed by atoms with van der Waals surface area (Å²) in [6, 6.07) is 0. The quantitative estimate of drug-likeness (QED) is 0.0339. The summed E-state index contributed by atoms with van der Waals surface area (Å²) in [6.07, 6.45) is 2.86. The summed E-state index contributed by atoms with van der Waals surface area (Å²) in [4.78, 5) is 15.7. The second-order valence-electron chi connectivity index (χ2n) is 6.98. The van der Waals surface area contributed by atoms with Crippen molar-refractivity contribution in [1.29, 1.82) is 0 Å². The van der Waals surface area contributed by atoms with Gasteiger partial charge in [0.15, 0.2) is 0 Å². The maximum Gasteiger partial charge on any atom is 0.313 e. The van der Waals surface area contributed by atoms with Gasteiger partial charge in [-0.2, -0.15) is 13.9 Å². The van der Waals surface area contributed by atoms with Gasteiger partial charge in [0.2, 0.25) is 34.8 Å². The second kappa shape index (κ2) is 18.6. The molecule has 0 atom stereocenters. The van der Waals surface area contributed by atoms with Gasteiger partial charge in [-0.05, 0) is 6.42 Å². The number of hydrogen-bond acceptors (Lipinski definition) is 9. The lowest BCUT2D eigenvalue weighted by Gasteiger charge is -2.09. The van der Waals surface area contributed by atoms with Gasteiger partial charge in [0.25, 0.3) is 0 Å². The Labute approximate surface area is 205 Å². The monoisotopic (exact) mass is 527 g/mol. The first kappa shape index (κ1) is 31.4. The molecule has 0 radical (unpaired) electrons. The van der Waals surface area contributed by atoms with Crippen molar-refractivity contribution in [3.05, 3.63) is 29.1 Å². The largest absolute Gasteiger partial charge is 0.420 e. The molecule has 0 saturated heterocycles. The average Bonchev–Trinajstić information content (AvgIpc) is 2.87. The Kier molecular flexibility index (Phi) is 16.2. The Balaban J connectivity index is 2.00. The molecule has 0 aliphatic heterocycles. The Bertz CT molecular complexity index is 844. The average molecular weight is 527 g/mol. The summed E-state index contributed by atoms with van der Waals surface area (Å²) in [5, 5.41) is 3.63. The molecule has 9 nitrogen and oxygen atoms in total. The first-order valence-corrected chi connectivity index (χ1v) is 11.1. The topological polar surface area (TPSA) is 114 Å². The molecule has 1 rings (SSSR count). The summed E-state index contributed by atoms with van der Waals surface area (Å²) in [5.74, 6) is -8.86. The van der Waals surface area contributed by atoms with E-state index < -0.39 is 47.2 Å². The summed E-state index contributed by atoms with van der Waals surface area (Å²) in [5.41, 5.74) is 0.736. The SMILES string of the molecule is CCC/C(C=NCCOCCOCCOCCOCCC(=O)Oc1c(F)c(F)c(F)c(F)c1F)=N/N. The van der Waals surface area contributed by atoms with Gasteiger partial charge in [0, 0.05) is 6.21 Å². The third-order valence-electron chi connectivity index (χ3n) is 4.23. The van der Waals surface area contributed by atoms with Crippen LogP contribution in [0.15, 0.2) is 10.1 Å². The van der Waals surface area contributed by atoms with Crippen molar-refractivity contribution in [3.63, 3.8) is 0 Å². The fourth-order valence-electron chi connectivity index (χ4n) is 2.46. The molecule has 1 aromatic carbocycles. The molecular weight excluding hydrogens is 497 g/mol. The lowest BCUT2D eigenvalue weighted by atomic mass is 10.2. The molecule has 1 aromatic rings. The molecule has 0 saturated carbocycles. The van der Waals surface area contributed by atoms with Crippen molar-refractivity contribution in [1.82, 2.24) is 0 Å². The van der Waals surface area contributed by atoms with E-state index in [2.05, 4.69) is 14.8 Å². The molecule has 0 spiro atoms. The highest BCUT2D eigenvalue weighted by atomic mass is 19.2. The maximum atomic E-state index is 13.5. The van der Waals surface area contributed by atoms with Gasteiger partial charge >= 0.3 is 5.97 Å². The normalized spacial score (nSPS) is 12.0. The van der Waals surface area contributed by atoms with Crippen LogP contribution in [0.2, 0.25) is 0 Å². The number of aliphatic imine (C=N–C) groups is 1. The van der Waals surface area contributed by atoms with Crippen molar-refractivity contribution < 1.29 is 50.4 Å². The van der Waals surface area contributed by atoms with Crippen LogP contribution in [0.4, 0.5) is 22.0 Å². The number of nitrogens with two attached hydrogens (primary N) is 1. The van der Waals surface area contributed by atoms with Crippen LogP contribution in [0.3, 0.4) is 0 Å². The van der Waals surface area contributed by atoms with E-state index in [4.69, 9.17) is 24.8 Å². The number of esters is 1. The number of nitrogens with zero attached hydrogens (tertiary/aromatic N) is 2. The number of hydrazone groups is 1. The Morgan fingerprint density at radius 3 is 1.72 bits per heavy atom. The first-order valence-electron chi connectivity index (χ1n) is 11.1. The molecule has 0 heterocycles. The minimum atomic E-state index is -2.34. The first-order chi connectivity index (χ1) is 17.3. The van der Waals surface area contributed by atoms with Gasteiger partial charge in [-0.3, -0.25) is 9.79 Å². The minimum Gasteiger partial charge on any atom is -0.420 e. The fraction of sp³-hybridized carbons (Fsp3) is 0.591. The van der Waals surface area contributed by atoms with Gasteiger partial charge < -0.3 is 29.5 Å². The number of halogens is 5. The number of carbonyl (C=O) groups excluding carboxylic acids is 1. The van der Waals surface area contributed by atoms with Crippen LogP contribution in [0.25, 0.3) is 0 Å². The second-order valence-corrected chi connectivity index (χ2v) is 6.98. The minimum absolute atomic E-state index is 0.0915. The lowest BCUT2D eigenvalue weighted by molar-refractivity contribution is -0.136. The number of carbonyl (C=O) groups is 1. The fourth-order valence-corrected chi connectivity index (χ4v) is 2.46. The van der Waals surface area contributed by atoms with Crippen LogP contribution < -0.4 is 10.6 Å². The molecule has 14 heteroatoms. The Morgan fingerprint density at radius 1 is 0.750 bits per heavy atom. The zero-order valence-corrected chi connectivity index (χ0v) is 19.9.